The van der Waals surface area contributed by atoms with Crippen LogP contribution in [0.5, 0.6) is 5.75 Å². The van der Waals surface area contributed by atoms with Gasteiger partial charge in [0.1, 0.15) is 16.7 Å². The van der Waals surface area contributed by atoms with Gasteiger partial charge in [0.2, 0.25) is 0 Å². The molecule has 7 rings (SSSR count). The lowest BCUT2D eigenvalue weighted by Crippen LogP contribution is -2.57. The topological polar surface area (TPSA) is 104 Å². The molecule has 5 atom stereocenters. The molecule has 2 aromatic carbocycles. The van der Waals surface area contributed by atoms with Crippen molar-refractivity contribution in [2.45, 2.75) is 94.5 Å². The second-order valence-electron chi connectivity index (χ2n) is 14.5. The number of piperazine rings is 1. The first-order valence-electron chi connectivity index (χ1n) is 17.4. The third-order valence-electron chi connectivity index (χ3n) is 11.7. The molecule has 1 amide bonds. The van der Waals surface area contributed by atoms with E-state index in [1.165, 1.54) is 37.4 Å². The van der Waals surface area contributed by atoms with Crippen molar-refractivity contribution in [3.63, 3.8) is 0 Å². The van der Waals surface area contributed by atoms with Gasteiger partial charge in [-0.05, 0) is 87.5 Å². The number of hydrogen-bond donors (Lipinski definition) is 1. The van der Waals surface area contributed by atoms with E-state index in [2.05, 4.69) is 51.5 Å². The number of hydrogen-bond acceptors (Lipinski definition) is 6. The van der Waals surface area contributed by atoms with Gasteiger partial charge in [0.15, 0.2) is 0 Å². The van der Waals surface area contributed by atoms with Crippen molar-refractivity contribution >= 4 is 38.0 Å². The zero-order valence-corrected chi connectivity index (χ0v) is 30.6. The number of rotatable bonds is 8. The average Bonchev–Trinajstić information content (AvgIpc) is 3.75. The molecule has 3 aromatic rings. The Labute approximate surface area is 287 Å². The van der Waals surface area contributed by atoms with Crippen LogP contribution in [0.2, 0.25) is 0 Å². The number of carbonyl (C=O) groups excluding carboxylic acids is 1. The second kappa shape index (κ2) is 12.5. The van der Waals surface area contributed by atoms with Crippen molar-refractivity contribution in [2.75, 3.05) is 40.8 Å². The summed E-state index contributed by atoms with van der Waals surface area (Å²) in [5, 5.41) is 1.09. The summed E-state index contributed by atoms with van der Waals surface area (Å²) in [6.07, 6.45) is 6.57. The molecule has 2 aliphatic carbocycles. The van der Waals surface area contributed by atoms with Gasteiger partial charge >= 0.3 is 10.2 Å². The number of fused-ring (bicyclic) bond motifs is 7. The monoisotopic (exact) mass is 695 g/mol. The number of benzene rings is 2. The Hall–Kier alpha value is -2.77. The molecule has 0 spiro atoms. The molecule has 3 heterocycles. The minimum absolute atomic E-state index is 0.101. The molecule has 1 N–H and O–H groups in total. The third-order valence-corrected chi connectivity index (χ3v) is 15.3. The largest absolute Gasteiger partial charge is 0.497 e. The Bertz CT molecular complexity index is 1870. The van der Waals surface area contributed by atoms with Gasteiger partial charge in [-0.15, -0.1) is 0 Å². The molecule has 260 valence electrons. The van der Waals surface area contributed by atoms with E-state index in [0.717, 1.165) is 64.6 Å². The maximum atomic E-state index is 14.9. The summed E-state index contributed by atoms with van der Waals surface area (Å²) in [4.78, 5) is 15.8. The fraction of sp³-hybridized carbons (Fsp3) is 0.583. The highest BCUT2D eigenvalue weighted by molar-refractivity contribution is 7.87. The van der Waals surface area contributed by atoms with Gasteiger partial charge < -0.3 is 9.30 Å². The van der Waals surface area contributed by atoms with Gasteiger partial charge in [0.25, 0.3) is 5.91 Å². The van der Waals surface area contributed by atoms with Gasteiger partial charge in [-0.1, -0.05) is 32.3 Å². The van der Waals surface area contributed by atoms with E-state index < -0.39 is 31.8 Å². The first-order chi connectivity index (χ1) is 22.9. The first-order valence-corrected chi connectivity index (χ1v) is 20.0. The van der Waals surface area contributed by atoms with Crippen molar-refractivity contribution in [3.8, 4) is 17.0 Å². The van der Waals surface area contributed by atoms with Gasteiger partial charge in [0.05, 0.1) is 17.6 Å². The second-order valence-corrected chi connectivity index (χ2v) is 18.1. The van der Waals surface area contributed by atoms with Gasteiger partial charge in [-0.25, -0.2) is 13.2 Å². The standard InChI is InChI=1S/C36H49N5O5S2/c1-7-38(4)48(44,45)37-35(42)26-13-15-29-32(17-26)41-22-36(47(43)40-20-23(2)39(5)24(3)21-40)19-31(36)30-18-27(46-6)14-16-28(30)34(41)33(29)25-11-9-8-10-12-25/h13-18,23-25,31H,7-12,19-22H2,1-6H3,(H,37,42). The number of ether oxygens (including phenoxy) is 1. The van der Waals surface area contributed by atoms with Crippen LogP contribution in [-0.4, -0.2) is 94.3 Å². The fourth-order valence-corrected chi connectivity index (χ4v) is 11.5. The molecular formula is C36H49N5O5S2. The lowest BCUT2D eigenvalue weighted by molar-refractivity contribution is 0.0979. The summed E-state index contributed by atoms with van der Waals surface area (Å²) in [7, 11) is 0.0436. The predicted octanol–water partition coefficient (Wildman–Crippen LogP) is 5.22. The van der Waals surface area contributed by atoms with E-state index in [9.17, 15) is 17.4 Å². The molecule has 12 heteroatoms. The molecule has 2 saturated carbocycles. The lowest BCUT2D eigenvalue weighted by Gasteiger charge is -2.42. The number of likely N-dealkylation sites (N-methyl/N-ethyl adjacent to an activating group) is 1. The quantitative estimate of drug-likeness (QED) is 0.347. The van der Waals surface area contributed by atoms with Gasteiger partial charge in [-0.2, -0.15) is 12.7 Å². The van der Waals surface area contributed by atoms with Crippen molar-refractivity contribution in [1.29, 1.82) is 0 Å². The molecule has 0 bridgehead atoms. The number of amides is 1. The summed E-state index contributed by atoms with van der Waals surface area (Å²) in [5.41, 5.74) is 5.95. The molecule has 3 fully saturated rings. The van der Waals surface area contributed by atoms with Crippen LogP contribution in [0, 0.1) is 0 Å². The Morgan fingerprint density at radius 2 is 1.79 bits per heavy atom. The van der Waals surface area contributed by atoms with E-state index in [1.807, 2.05) is 18.2 Å². The molecule has 1 aromatic heterocycles. The number of carbonyl (C=O) groups is 1. The highest BCUT2D eigenvalue weighted by Gasteiger charge is 2.63. The highest BCUT2D eigenvalue weighted by Crippen LogP contribution is 2.63. The van der Waals surface area contributed by atoms with Crippen LogP contribution < -0.4 is 9.46 Å². The number of aromatic nitrogens is 1. The Morgan fingerprint density at radius 3 is 2.46 bits per heavy atom. The van der Waals surface area contributed by atoms with Crippen LogP contribution in [0.25, 0.3) is 22.2 Å². The van der Waals surface area contributed by atoms with E-state index in [-0.39, 0.29) is 30.1 Å². The Morgan fingerprint density at radius 1 is 1.08 bits per heavy atom. The summed E-state index contributed by atoms with van der Waals surface area (Å²) in [6.45, 7) is 8.41. The van der Waals surface area contributed by atoms with Gasteiger partial charge in [0, 0.05) is 73.3 Å². The average molecular weight is 696 g/mol. The van der Waals surface area contributed by atoms with Crippen LogP contribution in [-0.2, 0) is 27.7 Å². The van der Waals surface area contributed by atoms with Crippen LogP contribution in [0.4, 0.5) is 0 Å². The number of nitrogens with one attached hydrogen (secondary N) is 1. The number of methoxy groups -OCH3 is 1. The predicted molar refractivity (Wildman–Crippen MR) is 191 cm³/mol. The Kier molecular flexibility index (Phi) is 8.80. The van der Waals surface area contributed by atoms with E-state index in [0.29, 0.717) is 12.5 Å². The summed E-state index contributed by atoms with van der Waals surface area (Å²) < 4.78 is 53.7. The van der Waals surface area contributed by atoms with Crippen LogP contribution >= 0.6 is 0 Å². The minimum Gasteiger partial charge on any atom is -0.497 e. The van der Waals surface area contributed by atoms with E-state index >= 15 is 0 Å². The normalized spacial score (nSPS) is 27.2. The summed E-state index contributed by atoms with van der Waals surface area (Å²) in [5.74, 6) is 0.599. The molecule has 1 saturated heterocycles. The molecule has 48 heavy (non-hydrogen) atoms. The van der Waals surface area contributed by atoms with Gasteiger partial charge in [-0.3, -0.25) is 9.69 Å². The first kappa shape index (κ1) is 33.7. The minimum atomic E-state index is -3.98. The molecule has 0 radical (unpaired) electrons. The Balaban J connectivity index is 1.41. The maximum absolute atomic E-state index is 14.9. The van der Waals surface area contributed by atoms with Crippen molar-refractivity contribution < 1.29 is 22.2 Å². The SMILES string of the molecule is CCN(C)S(=O)(=O)NC(=O)c1ccc2c(C3CCCCC3)c3n(c2c1)CC1(S(=O)N2CC(C)N(C)C(C)C2)CC1c1cc(OC)ccc1-3. The van der Waals surface area contributed by atoms with E-state index in [1.54, 1.807) is 20.1 Å². The number of nitrogens with zero attached hydrogens (tertiary/aromatic N) is 4. The molecule has 10 nitrogen and oxygen atoms in total. The van der Waals surface area contributed by atoms with E-state index in [4.69, 9.17) is 4.74 Å². The van der Waals surface area contributed by atoms with Crippen molar-refractivity contribution in [3.05, 3.63) is 53.1 Å². The molecule has 5 unspecified atom stereocenters. The van der Waals surface area contributed by atoms with Crippen LogP contribution in [0.15, 0.2) is 36.4 Å². The summed E-state index contributed by atoms with van der Waals surface area (Å²) in [6, 6.07) is 12.5. The molecular weight excluding hydrogens is 647 g/mol. The smallest absolute Gasteiger partial charge is 0.303 e. The van der Waals surface area contributed by atoms with Crippen molar-refractivity contribution in [2.24, 2.45) is 0 Å². The highest BCUT2D eigenvalue weighted by atomic mass is 32.2. The lowest BCUT2D eigenvalue weighted by atomic mass is 9.81. The van der Waals surface area contributed by atoms with Crippen LogP contribution in [0.1, 0.15) is 92.6 Å². The third kappa shape index (κ3) is 5.52. The zero-order valence-electron chi connectivity index (χ0n) is 29.0. The maximum Gasteiger partial charge on any atom is 0.303 e. The van der Waals surface area contributed by atoms with Crippen LogP contribution in [0.3, 0.4) is 0 Å². The van der Waals surface area contributed by atoms with Crippen molar-refractivity contribution in [1.82, 2.24) is 22.8 Å². The fourth-order valence-electron chi connectivity index (χ4n) is 8.49. The summed E-state index contributed by atoms with van der Waals surface area (Å²) >= 11 is 0. The molecule has 4 aliphatic rings. The zero-order chi connectivity index (χ0) is 34.1. The molecule has 2 aliphatic heterocycles.